The lowest BCUT2D eigenvalue weighted by Gasteiger charge is -2.02. The quantitative estimate of drug-likeness (QED) is 0.672. The number of furan rings is 1. The summed E-state index contributed by atoms with van der Waals surface area (Å²) in [6.45, 7) is -0.0983. The molecule has 0 saturated carbocycles. The summed E-state index contributed by atoms with van der Waals surface area (Å²) in [7, 11) is 1.76. The van der Waals surface area contributed by atoms with Crippen LogP contribution in [0.5, 0.6) is 0 Å². The van der Waals surface area contributed by atoms with Crippen molar-refractivity contribution < 1.29 is 18.4 Å². The Labute approximate surface area is 127 Å². The molecule has 3 rings (SSSR count). The molecule has 0 bridgehead atoms. The van der Waals surface area contributed by atoms with Gasteiger partial charge in [0.25, 0.3) is 11.8 Å². The van der Waals surface area contributed by atoms with Crippen molar-refractivity contribution in [3.05, 3.63) is 46.7 Å². The topological polar surface area (TPSA) is 83.3 Å². The molecule has 3 aromatic rings. The lowest BCUT2D eigenvalue weighted by atomic mass is 10.4. The average molecular weight is 352 g/mol. The van der Waals surface area contributed by atoms with Crippen LogP contribution in [0.25, 0.3) is 11.7 Å². The molecule has 0 fully saturated rings. The van der Waals surface area contributed by atoms with Gasteiger partial charge in [-0.3, -0.25) is 0 Å². The van der Waals surface area contributed by atoms with Crippen LogP contribution in [0.3, 0.4) is 0 Å². The number of carbonyl (C=O) groups excluding carboxylic acids is 1. The summed E-state index contributed by atoms with van der Waals surface area (Å²) in [5, 5.41) is 7.63. The molecular weight excluding hydrogens is 342 g/mol. The SMILES string of the molecule is Cn1cccc1C(=O)OCc1nnc(-c2ccc(Br)o2)o1. The first kappa shape index (κ1) is 13.6. The normalized spacial score (nSPS) is 10.8. The zero-order valence-corrected chi connectivity index (χ0v) is 12.5. The number of ether oxygens (including phenoxy) is 1. The van der Waals surface area contributed by atoms with Crippen molar-refractivity contribution in [1.29, 1.82) is 0 Å². The van der Waals surface area contributed by atoms with E-state index in [0.29, 0.717) is 16.1 Å². The molecule has 3 aromatic heterocycles. The predicted molar refractivity (Wildman–Crippen MR) is 74.2 cm³/mol. The van der Waals surface area contributed by atoms with Gasteiger partial charge in [-0.25, -0.2) is 4.79 Å². The number of aryl methyl sites for hydroxylation is 1. The molecule has 0 N–H and O–H groups in total. The summed E-state index contributed by atoms with van der Waals surface area (Å²) < 4.78 is 18.0. The van der Waals surface area contributed by atoms with E-state index in [0.717, 1.165) is 0 Å². The summed E-state index contributed by atoms with van der Waals surface area (Å²) in [6.07, 6.45) is 1.76. The van der Waals surface area contributed by atoms with Crippen molar-refractivity contribution in [3.63, 3.8) is 0 Å². The molecule has 108 valence electrons. The highest BCUT2D eigenvalue weighted by molar-refractivity contribution is 9.10. The number of carbonyl (C=O) groups is 1. The highest BCUT2D eigenvalue weighted by Gasteiger charge is 2.15. The summed E-state index contributed by atoms with van der Waals surface area (Å²) in [5.74, 6) is 0.406. The first-order valence-electron chi connectivity index (χ1n) is 6.00. The van der Waals surface area contributed by atoms with Gasteiger partial charge in [-0.2, -0.15) is 0 Å². The number of hydrogen-bond donors (Lipinski definition) is 0. The van der Waals surface area contributed by atoms with Gasteiger partial charge in [0.1, 0.15) is 5.69 Å². The highest BCUT2D eigenvalue weighted by Crippen LogP contribution is 2.23. The lowest BCUT2D eigenvalue weighted by Crippen LogP contribution is -2.09. The van der Waals surface area contributed by atoms with Crippen molar-refractivity contribution in [2.75, 3.05) is 0 Å². The predicted octanol–water partition coefficient (Wildman–Crippen LogP) is 2.79. The number of halogens is 1. The van der Waals surface area contributed by atoms with Crippen molar-refractivity contribution in [2.24, 2.45) is 7.05 Å². The van der Waals surface area contributed by atoms with Gasteiger partial charge in [0.15, 0.2) is 17.0 Å². The minimum absolute atomic E-state index is 0.0983. The van der Waals surface area contributed by atoms with Crippen LogP contribution in [0.2, 0.25) is 0 Å². The second-order valence-corrected chi connectivity index (χ2v) is 4.97. The molecule has 7 nitrogen and oxygen atoms in total. The van der Waals surface area contributed by atoms with Gasteiger partial charge < -0.3 is 18.1 Å². The van der Waals surface area contributed by atoms with E-state index in [-0.39, 0.29) is 18.4 Å². The third-order valence-corrected chi connectivity index (χ3v) is 3.16. The van der Waals surface area contributed by atoms with Gasteiger partial charge in [0.2, 0.25) is 0 Å². The Kier molecular flexibility index (Phi) is 3.61. The van der Waals surface area contributed by atoms with Gasteiger partial charge in [-0.15, -0.1) is 10.2 Å². The largest absolute Gasteiger partial charge is 0.451 e. The van der Waals surface area contributed by atoms with E-state index in [9.17, 15) is 4.79 Å². The minimum Gasteiger partial charge on any atom is -0.451 e. The fourth-order valence-electron chi connectivity index (χ4n) is 1.72. The molecule has 0 aromatic carbocycles. The fraction of sp³-hybridized carbons (Fsp3) is 0.154. The van der Waals surface area contributed by atoms with Gasteiger partial charge in [0.05, 0.1) is 0 Å². The van der Waals surface area contributed by atoms with Crippen molar-refractivity contribution in [3.8, 4) is 11.7 Å². The van der Waals surface area contributed by atoms with Crippen molar-refractivity contribution in [2.45, 2.75) is 6.61 Å². The highest BCUT2D eigenvalue weighted by atomic mass is 79.9. The molecule has 0 aliphatic heterocycles. The molecule has 21 heavy (non-hydrogen) atoms. The fourth-order valence-corrected chi connectivity index (χ4v) is 2.02. The molecule has 0 aliphatic carbocycles. The first-order valence-corrected chi connectivity index (χ1v) is 6.79. The smallest absolute Gasteiger partial charge is 0.355 e. The number of esters is 1. The summed E-state index contributed by atoms with van der Waals surface area (Å²) >= 11 is 3.19. The summed E-state index contributed by atoms with van der Waals surface area (Å²) in [4.78, 5) is 11.8. The average Bonchev–Trinajstić information content (AvgIpc) is 3.16. The van der Waals surface area contributed by atoms with E-state index in [4.69, 9.17) is 13.6 Å². The Morgan fingerprint density at radius 3 is 2.86 bits per heavy atom. The Morgan fingerprint density at radius 1 is 1.33 bits per heavy atom. The van der Waals surface area contributed by atoms with E-state index in [1.165, 1.54) is 0 Å². The molecule has 0 aliphatic rings. The van der Waals surface area contributed by atoms with E-state index >= 15 is 0 Å². The molecule has 0 radical (unpaired) electrons. The van der Waals surface area contributed by atoms with E-state index in [2.05, 4.69) is 26.1 Å². The van der Waals surface area contributed by atoms with Crippen LogP contribution in [0.1, 0.15) is 16.4 Å². The van der Waals surface area contributed by atoms with Gasteiger partial charge >= 0.3 is 5.97 Å². The maximum absolute atomic E-state index is 11.8. The standard InChI is InChI=1S/C13H10BrN3O4/c1-17-6-2-3-8(17)13(18)19-7-11-15-16-12(21-11)9-4-5-10(14)20-9/h2-6H,7H2,1H3. The molecule has 0 unspecified atom stereocenters. The molecule has 0 saturated heterocycles. The van der Waals surface area contributed by atoms with Crippen molar-refractivity contribution in [1.82, 2.24) is 14.8 Å². The molecule has 3 heterocycles. The maximum Gasteiger partial charge on any atom is 0.355 e. The van der Waals surface area contributed by atoms with Crippen LogP contribution in [0.15, 0.2) is 44.0 Å². The Morgan fingerprint density at radius 2 is 2.19 bits per heavy atom. The van der Waals surface area contributed by atoms with Crippen LogP contribution in [0.4, 0.5) is 0 Å². The van der Waals surface area contributed by atoms with Crippen LogP contribution in [0, 0.1) is 0 Å². The van der Waals surface area contributed by atoms with Crippen LogP contribution < -0.4 is 0 Å². The molecule has 0 spiro atoms. The summed E-state index contributed by atoms with van der Waals surface area (Å²) in [5.41, 5.74) is 0.449. The number of rotatable bonds is 4. The zero-order valence-electron chi connectivity index (χ0n) is 10.9. The first-order chi connectivity index (χ1) is 10.1. The minimum atomic E-state index is -0.456. The molecular formula is C13H10BrN3O4. The third-order valence-electron chi connectivity index (χ3n) is 2.73. The third kappa shape index (κ3) is 2.89. The second kappa shape index (κ2) is 5.57. The summed E-state index contributed by atoms with van der Waals surface area (Å²) in [6, 6.07) is 6.84. The van der Waals surface area contributed by atoms with Gasteiger partial charge in [-0.1, -0.05) is 0 Å². The lowest BCUT2D eigenvalue weighted by molar-refractivity contribution is 0.0427. The number of aromatic nitrogens is 3. The Balaban J connectivity index is 1.65. The Hall–Kier alpha value is -2.35. The Bertz CT molecular complexity index is 774. The maximum atomic E-state index is 11.8. The molecule has 0 atom stereocenters. The molecule has 8 heteroatoms. The van der Waals surface area contributed by atoms with Crippen molar-refractivity contribution >= 4 is 21.9 Å². The zero-order chi connectivity index (χ0) is 14.8. The van der Waals surface area contributed by atoms with Gasteiger partial charge in [-0.05, 0) is 40.2 Å². The monoisotopic (exact) mass is 351 g/mol. The van der Waals surface area contributed by atoms with Crippen LogP contribution in [-0.2, 0) is 18.4 Å². The number of hydrogen-bond acceptors (Lipinski definition) is 6. The van der Waals surface area contributed by atoms with E-state index < -0.39 is 5.97 Å². The van der Waals surface area contributed by atoms with Crippen LogP contribution in [-0.4, -0.2) is 20.7 Å². The number of nitrogens with zero attached hydrogens (tertiary/aromatic N) is 3. The van der Waals surface area contributed by atoms with E-state index in [1.807, 2.05) is 0 Å². The van der Waals surface area contributed by atoms with Crippen LogP contribution >= 0.6 is 15.9 Å². The van der Waals surface area contributed by atoms with Gasteiger partial charge in [0, 0.05) is 13.2 Å². The second-order valence-electron chi connectivity index (χ2n) is 4.19. The molecule has 0 amide bonds. The van der Waals surface area contributed by atoms with E-state index in [1.54, 1.807) is 42.1 Å².